The molecule has 2 heterocycles. The van der Waals surface area contributed by atoms with Crippen LogP contribution in [0.15, 0.2) is 71.1 Å². The van der Waals surface area contributed by atoms with Crippen molar-refractivity contribution in [3.63, 3.8) is 0 Å². The Labute approximate surface area is 213 Å². The third kappa shape index (κ3) is 5.73. The Hall–Kier alpha value is -3.20. The molecule has 0 spiro atoms. The maximum Gasteiger partial charge on any atom is 0.262 e. The molecule has 2 aromatic carbocycles. The van der Waals surface area contributed by atoms with E-state index in [2.05, 4.69) is 0 Å². The summed E-state index contributed by atoms with van der Waals surface area (Å²) in [6, 6.07) is 18.1. The third-order valence-electron chi connectivity index (χ3n) is 5.75. The zero-order chi connectivity index (χ0) is 24.8. The van der Waals surface area contributed by atoms with Gasteiger partial charge in [-0.25, -0.2) is 5.01 Å². The van der Waals surface area contributed by atoms with Crippen LogP contribution >= 0.6 is 22.9 Å². The number of ether oxygens (including phenoxy) is 2. The van der Waals surface area contributed by atoms with E-state index in [1.165, 1.54) is 9.91 Å². The van der Waals surface area contributed by atoms with Crippen LogP contribution in [0.2, 0.25) is 5.02 Å². The Balaban J connectivity index is 1.61. The molecule has 1 aromatic heterocycles. The van der Waals surface area contributed by atoms with E-state index in [-0.39, 0.29) is 37.6 Å². The number of rotatable bonds is 9. The number of carbonyl (C=O) groups is 2. The summed E-state index contributed by atoms with van der Waals surface area (Å²) in [5.41, 5.74) is 2.12. The van der Waals surface area contributed by atoms with Crippen LogP contribution in [0.1, 0.15) is 33.3 Å². The normalized spacial score (nSPS) is 15.1. The molecule has 9 heteroatoms. The van der Waals surface area contributed by atoms with Gasteiger partial charge >= 0.3 is 0 Å². The first-order valence-electron chi connectivity index (χ1n) is 11.1. The van der Waals surface area contributed by atoms with Gasteiger partial charge in [0, 0.05) is 20.1 Å². The first-order valence-corrected chi connectivity index (χ1v) is 12.4. The second-order valence-electron chi connectivity index (χ2n) is 7.95. The van der Waals surface area contributed by atoms with Crippen molar-refractivity contribution >= 4 is 40.5 Å². The molecule has 0 radical (unpaired) electrons. The number of hydrogen-bond acceptors (Lipinski definition) is 6. The van der Waals surface area contributed by atoms with Gasteiger partial charge in [0.25, 0.3) is 11.8 Å². The lowest BCUT2D eigenvalue weighted by Gasteiger charge is -2.27. The molecule has 3 aromatic rings. The molecule has 7 nitrogen and oxygen atoms in total. The lowest BCUT2D eigenvalue weighted by atomic mass is 10.0. The SMILES string of the molecule is COCCN(CC(=O)N1N=C(c2cccs2)CC1c1ccc(OC)cc1)C(=O)c1ccccc1Cl. The number of amides is 2. The first-order chi connectivity index (χ1) is 17.0. The minimum atomic E-state index is -0.330. The topological polar surface area (TPSA) is 71.4 Å². The van der Waals surface area contributed by atoms with Crippen molar-refractivity contribution in [2.75, 3.05) is 33.9 Å². The number of benzene rings is 2. The van der Waals surface area contributed by atoms with E-state index in [1.54, 1.807) is 49.8 Å². The summed E-state index contributed by atoms with van der Waals surface area (Å²) < 4.78 is 10.5. The molecule has 4 rings (SSSR count). The van der Waals surface area contributed by atoms with Gasteiger partial charge in [-0.2, -0.15) is 5.10 Å². The third-order valence-corrected chi connectivity index (χ3v) is 7.00. The highest BCUT2D eigenvalue weighted by atomic mass is 35.5. The van der Waals surface area contributed by atoms with Crippen LogP contribution in [0.25, 0.3) is 0 Å². The summed E-state index contributed by atoms with van der Waals surface area (Å²) in [5, 5.41) is 8.52. The second-order valence-corrected chi connectivity index (χ2v) is 9.31. The quantitative estimate of drug-likeness (QED) is 0.410. The van der Waals surface area contributed by atoms with Crippen LogP contribution in [-0.2, 0) is 9.53 Å². The van der Waals surface area contributed by atoms with Gasteiger partial charge < -0.3 is 14.4 Å². The van der Waals surface area contributed by atoms with Gasteiger partial charge in [-0.15, -0.1) is 11.3 Å². The van der Waals surface area contributed by atoms with Gasteiger partial charge in [0.05, 0.1) is 40.9 Å². The summed E-state index contributed by atoms with van der Waals surface area (Å²) in [7, 11) is 3.17. The van der Waals surface area contributed by atoms with Crippen LogP contribution in [0.5, 0.6) is 5.75 Å². The van der Waals surface area contributed by atoms with Crippen LogP contribution in [0.3, 0.4) is 0 Å². The average Bonchev–Trinajstić information content (AvgIpc) is 3.57. The smallest absolute Gasteiger partial charge is 0.262 e. The highest BCUT2D eigenvalue weighted by molar-refractivity contribution is 7.12. The Kier molecular flexibility index (Phi) is 8.17. The molecule has 1 aliphatic heterocycles. The molecule has 0 bridgehead atoms. The number of hydrogen-bond donors (Lipinski definition) is 0. The Bertz CT molecular complexity index is 1200. The van der Waals surface area contributed by atoms with Crippen LogP contribution in [-0.4, -0.2) is 61.4 Å². The summed E-state index contributed by atoms with van der Waals surface area (Å²) in [6.45, 7) is 0.380. The molecule has 0 saturated carbocycles. The summed E-state index contributed by atoms with van der Waals surface area (Å²) in [6.07, 6.45) is 0.578. The molecule has 1 aliphatic rings. The van der Waals surface area contributed by atoms with E-state index in [1.807, 2.05) is 41.8 Å². The minimum Gasteiger partial charge on any atom is -0.497 e. The monoisotopic (exact) mass is 511 g/mol. The minimum absolute atomic E-state index is 0.151. The highest BCUT2D eigenvalue weighted by Gasteiger charge is 2.35. The van der Waals surface area contributed by atoms with E-state index in [4.69, 9.17) is 26.2 Å². The van der Waals surface area contributed by atoms with Crippen molar-refractivity contribution in [3.05, 3.63) is 87.1 Å². The van der Waals surface area contributed by atoms with E-state index >= 15 is 0 Å². The number of methoxy groups -OCH3 is 2. The van der Waals surface area contributed by atoms with E-state index in [0.717, 1.165) is 21.9 Å². The van der Waals surface area contributed by atoms with Crippen LogP contribution < -0.4 is 4.74 Å². The molecule has 182 valence electrons. The molecule has 0 fully saturated rings. The predicted molar refractivity (Wildman–Crippen MR) is 137 cm³/mol. The standard InChI is InChI=1S/C26H26ClN3O4S/c1-33-14-13-29(26(32)20-6-3-4-7-21(20)27)17-25(31)30-23(18-9-11-19(34-2)12-10-18)16-22(28-30)24-8-5-15-35-24/h3-12,15,23H,13-14,16-17H2,1-2H3. The first kappa shape index (κ1) is 24.9. The maximum atomic E-state index is 13.6. The Morgan fingerprint density at radius 3 is 2.54 bits per heavy atom. The van der Waals surface area contributed by atoms with Gasteiger partial charge in [-0.3, -0.25) is 9.59 Å². The van der Waals surface area contributed by atoms with Crippen molar-refractivity contribution in [1.29, 1.82) is 0 Å². The largest absolute Gasteiger partial charge is 0.497 e. The van der Waals surface area contributed by atoms with Gasteiger partial charge in [0.15, 0.2) is 0 Å². The number of nitrogens with zero attached hydrogens (tertiary/aromatic N) is 3. The summed E-state index contributed by atoms with van der Waals surface area (Å²) >= 11 is 7.84. The summed E-state index contributed by atoms with van der Waals surface area (Å²) in [5.74, 6) is 0.123. The summed E-state index contributed by atoms with van der Waals surface area (Å²) in [4.78, 5) is 29.3. The van der Waals surface area contributed by atoms with Crippen molar-refractivity contribution in [2.24, 2.45) is 5.10 Å². The molecular weight excluding hydrogens is 486 g/mol. The fourth-order valence-corrected chi connectivity index (χ4v) is 4.85. The maximum absolute atomic E-state index is 13.6. The Morgan fingerprint density at radius 1 is 1.11 bits per heavy atom. The molecular formula is C26H26ClN3O4S. The molecule has 0 aliphatic carbocycles. The molecule has 0 saturated heterocycles. The lowest BCUT2D eigenvalue weighted by molar-refractivity contribution is -0.133. The van der Waals surface area contributed by atoms with E-state index in [0.29, 0.717) is 17.0 Å². The number of halogens is 1. The van der Waals surface area contributed by atoms with Crippen molar-refractivity contribution in [2.45, 2.75) is 12.5 Å². The lowest BCUT2D eigenvalue weighted by Crippen LogP contribution is -2.42. The second kappa shape index (κ2) is 11.5. The fourth-order valence-electron chi connectivity index (χ4n) is 3.91. The highest BCUT2D eigenvalue weighted by Crippen LogP contribution is 2.34. The van der Waals surface area contributed by atoms with E-state index < -0.39 is 0 Å². The molecule has 2 amide bonds. The number of carbonyl (C=O) groups excluding carboxylic acids is 2. The molecule has 0 N–H and O–H groups in total. The van der Waals surface area contributed by atoms with Crippen molar-refractivity contribution in [3.8, 4) is 5.75 Å². The van der Waals surface area contributed by atoms with Gasteiger partial charge in [0.1, 0.15) is 12.3 Å². The molecule has 1 atom stereocenters. The number of thiophene rings is 1. The zero-order valence-electron chi connectivity index (χ0n) is 19.5. The van der Waals surface area contributed by atoms with Crippen LogP contribution in [0.4, 0.5) is 0 Å². The van der Waals surface area contributed by atoms with Crippen molar-refractivity contribution < 1.29 is 19.1 Å². The zero-order valence-corrected chi connectivity index (χ0v) is 21.1. The van der Waals surface area contributed by atoms with Crippen molar-refractivity contribution in [1.82, 2.24) is 9.91 Å². The fraction of sp³-hybridized carbons (Fsp3) is 0.269. The van der Waals surface area contributed by atoms with Crippen LogP contribution in [0, 0.1) is 0 Å². The average molecular weight is 512 g/mol. The van der Waals surface area contributed by atoms with E-state index in [9.17, 15) is 9.59 Å². The van der Waals surface area contributed by atoms with Gasteiger partial charge in [0.2, 0.25) is 0 Å². The number of hydrazone groups is 1. The molecule has 35 heavy (non-hydrogen) atoms. The van der Waals surface area contributed by atoms with Gasteiger partial charge in [-0.05, 0) is 41.3 Å². The predicted octanol–water partition coefficient (Wildman–Crippen LogP) is 4.88. The molecule has 1 unspecified atom stereocenters. The Morgan fingerprint density at radius 2 is 1.89 bits per heavy atom. The van der Waals surface area contributed by atoms with Gasteiger partial charge in [-0.1, -0.05) is 41.9 Å².